The van der Waals surface area contributed by atoms with Crippen LogP contribution in [0.5, 0.6) is 0 Å². The van der Waals surface area contributed by atoms with E-state index in [1.807, 2.05) is 24.3 Å². The number of benzene rings is 1. The molecule has 1 fully saturated rings. The highest BCUT2D eigenvalue weighted by atomic mass is 15.1. The molecule has 72 valence electrons. The summed E-state index contributed by atoms with van der Waals surface area (Å²) in [5.41, 5.74) is 7.55. The summed E-state index contributed by atoms with van der Waals surface area (Å²) in [4.78, 5) is 2.23. The molecule has 3 nitrogen and oxygen atoms in total. The van der Waals surface area contributed by atoms with E-state index in [1.54, 1.807) is 0 Å². The van der Waals surface area contributed by atoms with Crippen molar-refractivity contribution in [2.45, 2.75) is 6.42 Å². The van der Waals surface area contributed by atoms with Gasteiger partial charge in [-0.1, -0.05) is 0 Å². The van der Waals surface area contributed by atoms with E-state index in [4.69, 9.17) is 11.0 Å². The first kappa shape index (κ1) is 8.89. The molecule has 1 unspecified atom stereocenters. The Morgan fingerprint density at radius 1 is 1.36 bits per heavy atom. The van der Waals surface area contributed by atoms with E-state index in [9.17, 15) is 0 Å². The summed E-state index contributed by atoms with van der Waals surface area (Å²) < 4.78 is 0. The van der Waals surface area contributed by atoms with E-state index < -0.39 is 0 Å². The van der Waals surface area contributed by atoms with Gasteiger partial charge < -0.3 is 10.6 Å². The quantitative estimate of drug-likeness (QED) is 0.680. The minimum Gasteiger partial charge on any atom is -0.399 e. The maximum Gasteiger partial charge on any atom is 0.0675 e. The van der Waals surface area contributed by atoms with E-state index in [0.29, 0.717) is 0 Å². The van der Waals surface area contributed by atoms with Gasteiger partial charge in [-0.05, 0) is 30.7 Å². The van der Waals surface area contributed by atoms with Crippen molar-refractivity contribution in [3.8, 4) is 6.07 Å². The largest absolute Gasteiger partial charge is 0.399 e. The van der Waals surface area contributed by atoms with Crippen LogP contribution in [0.2, 0.25) is 0 Å². The van der Waals surface area contributed by atoms with Crippen LogP contribution in [0, 0.1) is 17.2 Å². The van der Waals surface area contributed by atoms with Gasteiger partial charge in [0, 0.05) is 24.5 Å². The van der Waals surface area contributed by atoms with Crippen molar-refractivity contribution in [2.24, 2.45) is 5.92 Å². The summed E-state index contributed by atoms with van der Waals surface area (Å²) in [6.45, 7) is 1.82. The van der Waals surface area contributed by atoms with Gasteiger partial charge in [-0.15, -0.1) is 0 Å². The lowest BCUT2D eigenvalue weighted by atomic mass is 10.1. The number of hydrogen-bond donors (Lipinski definition) is 1. The Bertz CT molecular complexity index is 350. The van der Waals surface area contributed by atoms with Crippen molar-refractivity contribution >= 4 is 11.4 Å². The molecule has 0 aromatic heterocycles. The summed E-state index contributed by atoms with van der Waals surface area (Å²) in [6.07, 6.45) is 0.973. The molecule has 0 spiro atoms. The highest BCUT2D eigenvalue weighted by Crippen LogP contribution is 2.23. The molecule has 0 bridgehead atoms. The number of hydrogen-bond acceptors (Lipinski definition) is 3. The molecule has 1 aromatic rings. The Morgan fingerprint density at radius 3 is 2.64 bits per heavy atom. The summed E-state index contributed by atoms with van der Waals surface area (Å²) >= 11 is 0. The molecular weight excluding hydrogens is 174 g/mol. The number of anilines is 2. The Kier molecular flexibility index (Phi) is 2.28. The topological polar surface area (TPSA) is 53.0 Å². The second kappa shape index (κ2) is 3.59. The third-order valence-electron chi connectivity index (χ3n) is 2.63. The second-order valence-corrected chi connectivity index (χ2v) is 3.65. The number of nitrogen functional groups attached to an aromatic ring is 1. The van der Waals surface area contributed by atoms with Gasteiger partial charge in [0.05, 0.1) is 12.0 Å². The summed E-state index contributed by atoms with van der Waals surface area (Å²) in [7, 11) is 0. The maximum absolute atomic E-state index is 8.78. The maximum atomic E-state index is 8.78. The normalized spacial score (nSPS) is 20.8. The molecule has 3 heteroatoms. The molecule has 0 amide bonds. The number of nitrogens with two attached hydrogens (primary N) is 1. The standard InChI is InChI=1S/C11H13N3/c12-7-9-5-6-14(8-9)11-3-1-10(13)2-4-11/h1-4,9H,5-6,8,13H2. The molecule has 2 N–H and O–H groups in total. The Labute approximate surface area is 83.7 Å². The van der Waals surface area contributed by atoms with Crippen LogP contribution in [0.25, 0.3) is 0 Å². The van der Waals surface area contributed by atoms with E-state index in [-0.39, 0.29) is 5.92 Å². The van der Waals surface area contributed by atoms with Crippen molar-refractivity contribution in [3.63, 3.8) is 0 Å². The van der Waals surface area contributed by atoms with Gasteiger partial charge in [-0.2, -0.15) is 5.26 Å². The molecule has 1 heterocycles. The van der Waals surface area contributed by atoms with Crippen LogP contribution in [-0.4, -0.2) is 13.1 Å². The molecular formula is C11H13N3. The fourth-order valence-corrected chi connectivity index (χ4v) is 1.79. The lowest BCUT2D eigenvalue weighted by molar-refractivity contribution is 0.755. The van der Waals surface area contributed by atoms with Crippen LogP contribution in [0.15, 0.2) is 24.3 Å². The van der Waals surface area contributed by atoms with E-state index in [1.165, 1.54) is 0 Å². The number of rotatable bonds is 1. The summed E-state index contributed by atoms with van der Waals surface area (Å²) in [6, 6.07) is 10.1. The van der Waals surface area contributed by atoms with Gasteiger partial charge in [0.15, 0.2) is 0 Å². The SMILES string of the molecule is N#CC1CCN(c2ccc(N)cc2)C1. The zero-order valence-corrected chi connectivity index (χ0v) is 7.98. The molecule has 1 saturated heterocycles. The molecule has 0 radical (unpaired) electrons. The number of nitriles is 1. The molecule has 1 aromatic carbocycles. The third-order valence-corrected chi connectivity index (χ3v) is 2.63. The molecule has 2 rings (SSSR count). The predicted octanol–water partition coefficient (Wildman–Crippen LogP) is 1.62. The van der Waals surface area contributed by atoms with Gasteiger partial charge >= 0.3 is 0 Å². The fourth-order valence-electron chi connectivity index (χ4n) is 1.79. The average molecular weight is 187 g/mol. The molecule has 1 aliphatic rings. The molecule has 1 aliphatic heterocycles. The van der Waals surface area contributed by atoms with Crippen LogP contribution < -0.4 is 10.6 Å². The van der Waals surface area contributed by atoms with Crippen molar-refractivity contribution in [1.29, 1.82) is 5.26 Å². The minimum absolute atomic E-state index is 0.188. The Morgan fingerprint density at radius 2 is 2.07 bits per heavy atom. The van der Waals surface area contributed by atoms with Crippen molar-refractivity contribution in [3.05, 3.63) is 24.3 Å². The van der Waals surface area contributed by atoms with Crippen molar-refractivity contribution < 1.29 is 0 Å². The lowest BCUT2D eigenvalue weighted by Crippen LogP contribution is -2.19. The van der Waals surface area contributed by atoms with E-state index in [2.05, 4.69) is 11.0 Å². The highest BCUT2D eigenvalue weighted by Gasteiger charge is 2.21. The molecule has 0 saturated carbocycles. The van der Waals surface area contributed by atoms with Gasteiger partial charge in [-0.25, -0.2) is 0 Å². The van der Waals surface area contributed by atoms with Crippen LogP contribution in [-0.2, 0) is 0 Å². The monoisotopic (exact) mass is 187 g/mol. The first-order valence-corrected chi connectivity index (χ1v) is 4.79. The van der Waals surface area contributed by atoms with Crippen LogP contribution in [0.1, 0.15) is 6.42 Å². The fraction of sp³-hybridized carbons (Fsp3) is 0.364. The highest BCUT2D eigenvalue weighted by molar-refractivity contribution is 5.53. The second-order valence-electron chi connectivity index (χ2n) is 3.65. The van der Waals surface area contributed by atoms with Gasteiger partial charge in [0.1, 0.15) is 0 Å². The minimum atomic E-state index is 0.188. The first-order valence-electron chi connectivity index (χ1n) is 4.79. The van der Waals surface area contributed by atoms with E-state index >= 15 is 0 Å². The predicted molar refractivity (Wildman–Crippen MR) is 56.8 cm³/mol. The van der Waals surface area contributed by atoms with E-state index in [0.717, 1.165) is 30.9 Å². The van der Waals surface area contributed by atoms with Crippen molar-refractivity contribution in [2.75, 3.05) is 23.7 Å². The molecule has 14 heavy (non-hydrogen) atoms. The van der Waals surface area contributed by atoms with Crippen LogP contribution >= 0.6 is 0 Å². The molecule has 1 atom stereocenters. The number of nitrogens with zero attached hydrogens (tertiary/aromatic N) is 2. The Hall–Kier alpha value is -1.69. The van der Waals surface area contributed by atoms with Gasteiger partial charge in [-0.3, -0.25) is 0 Å². The van der Waals surface area contributed by atoms with Gasteiger partial charge in [0.2, 0.25) is 0 Å². The van der Waals surface area contributed by atoms with Crippen LogP contribution in [0.3, 0.4) is 0 Å². The Balaban J connectivity index is 2.10. The van der Waals surface area contributed by atoms with Crippen LogP contribution in [0.4, 0.5) is 11.4 Å². The lowest BCUT2D eigenvalue weighted by Gasteiger charge is -2.17. The summed E-state index contributed by atoms with van der Waals surface area (Å²) in [5.74, 6) is 0.188. The van der Waals surface area contributed by atoms with Gasteiger partial charge in [0.25, 0.3) is 0 Å². The summed E-state index contributed by atoms with van der Waals surface area (Å²) in [5, 5.41) is 8.78. The zero-order valence-electron chi connectivity index (χ0n) is 7.98. The third kappa shape index (κ3) is 1.64. The average Bonchev–Trinajstić information content (AvgIpc) is 2.67. The zero-order chi connectivity index (χ0) is 9.97. The van der Waals surface area contributed by atoms with Crippen molar-refractivity contribution in [1.82, 2.24) is 0 Å². The first-order chi connectivity index (χ1) is 6.79. The molecule has 0 aliphatic carbocycles. The smallest absolute Gasteiger partial charge is 0.0675 e.